The number of rotatable bonds is 10. The van der Waals surface area contributed by atoms with Crippen LogP contribution in [0.25, 0.3) is 10.4 Å². The summed E-state index contributed by atoms with van der Waals surface area (Å²) in [6, 6.07) is 15.1. The number of methoxy groups -OCH3 is 1. The van der Waals surface area contributed by atoms with Crippen LogP contribution in [0.2, 0.25) is 0 Å². The highest BCUT2D eigenvalue weighted by atomic mass is 32.1. The smallest absolute Gasteiger partial charge is 0.245 e. The van der Waals surface area contributed by atoms with Gasteiger partial charge in [0.05, 0.1) is 17.0 Å². The maximum atomic E-state index is 14.3. The Morgan fingerprint density at radius 1 is 0.977 bits per heavy atom. The van der Waals surface area contributed by atoms with Crippen LogP contribution in [-0.2, 0) is 9.59 Å². The minimum Gasteiger partial charge on any atom is -0.496 e. The van der Waals surface area contributed by atoms with Crippen molar-refractivity contribution in [2.45, 2.75) is 89.0 Å². The summed E-state index contributed by atoms with van der Waals surface area (Å²) in [5.74, 6) is 2.35. The van der Waals surface area contributed by atoms with Crippen molar-refractivity contribution in [3.05, 3.63) is 64.8 Å². The average molecular weight is 616 g/mol. The van der Waals surface area contributed by atoms with Crippen molar-refractivity contribution in [1.29, 1.82) is 0 Å². The molecular formula is C36H45N3O4S. The molecule has 0 aliphatic heterocycles. The minimum atomic E-state index is -0.495. The lowest BCUT2D eigenvalue weighted by Gasteiger charge is -2.36. The number of amides is 2. The molecule has 0 radical (unpaired) electrons. The summed E-state index contributed by atoms with van der Waals surface area (Å²) in [4.78, 5) is 33.9. The number of aliphatic hydroxyl groups excluding tert-OH is 1. The molecule has 3 saturated carbocycles. The van der Waals surface area contributed by atoms with Gasteiger partial charge in [-0.05, 0) is 118 Å². The summed E-state index contributed by atoms with van der Waals surface area (Å²) in [6.07, 6.45) is 11.9. The fourth-order valence-corrected chi connectivity index (χ4v) is 8.24. The lowest BCUT2D eigenvalue weighted by atomic mass is 9.78. The normalized spacial score (nSPS) is 23.6. The van der Waals surface area contributed by atoms with Gasteiger partial charge in [0, 0.05) is 36.3 Å². The van der Waals surface area contributed by atoms with Gasteiger partial charge in [-0.2, -0.15) is 0 Å². The van der Waals surface area contributed by atoms with Crippen LogP contribution in [0.1, 0.15) is 92.2 Å². The van der Waals surface area contributed by atoms with Gasteiger partial charge in [0.25, 0.3) is 0 Å². The van der Waals surface area contributed by atoms with E-state index in [0.717, 1.165) is 79.8 Å². The number of hydrogen-bond donors (Lipinski definition) is 2. The summed E-state index contributed by atoms with van der Waals surface area (Å²) in [6.45, 7) is 2.34. The molecule has 3 aliphatic carbocycles. The first-order chi connectivity index (χ1) is 21.4. The summed E-state index contributed by atoms with van der Waals surface area (Å²) in [5, 5.41) is 13.3. The number of nitrogens with zero attached hydrogens (tertiary/aromatic N) is 2. The average Bonchev–Trinajstić information content (AvgIpc) is 3.79. The maximum Gasteiger partial charge on any atom is 0.245 e. The molecule has 0 bridgehead atoms. The van der Waals surface area contributed by atoms with Crippen molar-refractivity contribution < 1.29 is 19.4 Å². The maximum absolute atomic E-state index is 14.3. The Balaban J connectivity index is 1.17. The zero-order chi connectivity index (χ0) is 30.6. The third-order valence-corrected chi connectivity index (χ3v) is 11.1. The number of aryl methyl sites for hydroxylation is 1. The van der Waals surface area contributed by atoms with Gasteiger partial charge >= 0.3 is 0 Å². The quantitative estimate of drug-likeness (QED) is 0.257. The summed E-state index contributed by atoms with van der Waals surface area (Å²) < 4.78 is 5.47. The number of aliphatic hydroxyl groups is 1. The van der Waals surface area contributed by atoms with E-state index in [9.17, 15) is 9.59 Å². The SMILES string of the molecule is COc1ccc(C2CCC(CN(C(=O)C3CCC(NC(=O)CO)CC3)c3cccc(-c4cnc(C5CC5)s4)c3)CC2)cc1C. The van der Waals surface area contributed by atoms with Crippen LogP contribution in [0.5, 0.6) is 5.75 Å². The molecule has 44 heavy (non-hydrogen) atoms. The zero-order valence-corrected chi connectivity index (χ0v) is 26.8. The van der Waals surface area contributed by atoms with Gasteiger partial charge in [-0.25, -0.2) is 4.98 Å². The Morgan fingerprint density at radius 3 is 2.41 bits per heavy atom. The van der Waals surface area contributed by atoms with Crippen molar-refractivity contribution in [3.63, 3.8) is 0 Å². The van der Waals surface area contributed by atoms with E-state index in [1.807, 2.05) is 6.20 Å². The molecule has 3 aliphatic rings. The zero-order valence-electron chi connectivity index (χ0n) is 26.0. The highest BCUT2D eigenvalue weighted by Crippen LogP contribution is 2.44. The van der Waals surface area contributed by atoms with Gasteiger partial charge in [-0.1, -0.05) is 24.3 Å². The predicted octanol–water partition coefficient (Wildman–Crippen LogP) is 6.98. The molecule has 2 amide bonds. The number of aromatic nitrogens is 1. The Morgan fingerprint density at radius 2 is 1.73 bits per heavy atom. The molecule has 1 heterocycles. The van der Waals surface area contributed by atoms with Crippen LogP contribution < -0.4 is 15.0 Å². The van der Waals surface area contributed by atoms with E-state index in [1.165, 1.54) is 29.0 Å². The van der Waals surface area contributed by atoms with E-state index >= 15 is 0 Å². The van der Waals surface area contributed by atoms with Crippen LogP contribution in [-0.4, -0.2) is 48.2 Å². The van der Waals surface area contributed by atoms with E-state index in [0.29, 0.717) is 17.8 Å². The Labute approximate surface area is 265 Å². The number of carbonyl (C=O) groups excluding carboxylic acids is 2. The summed E-state index contributed by atoms with van der Waals surface area (Å²) in [7, 11) is 1.72. The van der Waals surface area contributed by atoms with Gasteiger partial charge < -0.3 is 20.1 Å². The van der Waals surface area contributed by atoms with Crippen molar-refractivity contribution in [2.75, 3.05) is 25.2 Å². The van der Waals surface area contributed by atoms with Crippen LogP contribution in [0.4, 0.5) is 5.69 Å². The predicted molar refractivity (Wildman–Crippen MR) is 175 cm³/mol. The molecule has 7 nitrogen and oxygen atoms in total. The first-order valence-corrected chi connectivity index (χ1v) is 17.2. The molecule has 8 heteroatoms. The number of anilines is 1. The molecule has 234 valence electrons. The van der Waals surface area contributed by atoms with Gasteiger partial charge in [-0.3, -0.25) is 9.59 Å². The van der Waals surface area contributed by atoms with Gasteiger partial charge in [0.15, 0.2) is 0 Å². The third kappa shape index (κ3) is 7.18. The molecule has 0 unspecified atom stereocenters. The molecule has 2 N–H and O–H groups in total. The molecule has 3 aromatic rings. The second-order valence-electron chi connectivity index (χ2n) is 13.1. The van der Waals surface area contributed by atoms with Crippen LogP contribution in [0.15, 0.2) is 48.7 Å². The van der Waals surface area contributed by atoms with Crippen LogP contribution in [0.3, 0.4) is 0 Å². The molecule has 1 aromatic heterocycles. The van der Waals surface area contributed by atoms with Gasteiger partial charge in [-0.15, -0.1) is 11.3 Å². The molecule has 0 atom stereocenters. The molecule has 0 spiro atoms. The Kier molecular flexibility index (Phi) is 9.67. The van der Waals surface area contributed by atoms with Crippen molar-refractivity contribution in [2.24, 2.45) is 11.8 Å². The highest BCUT2D eigenvalue weighted by Gasteiger charge is 2.33. The number of thiazole rings is 1. The lowest BCUT2D eigenvalue weighted by Crippen LogP contribution is -2.44. The van der Waals surface area contributed by atoms with Crippen molar-refractivity contribution in [3.8, 4) is 16.2 Å². The highest BCUT2D eigenvalue weighted by molar-refractivity contribution is 7.15. The third-order valence-electron chi connectivity index (χ3n) is 9.92. The van der Waals surface area contributed by atoms with E-state index in [4.69, 9.17) is 14.8 Å². The summed E-state index contributed by atoms with van der Waals surface area (Å²) in [5.41, 5.74) is 4.67. The largest absolute Gasteiger partial charge is 0.496 e. The standard InChI is InChI=1S/C36H45N3O4S/c1-23-18-28(14-17-32(23)43-2)25-8-6-24(7-9-25)21-39(36(42)27-12-15-30(16-13-27)38-34(41)22-40)31-5-3-4-29(19-31)33-20-37-35(44-33)26-10-11-26/h3-5,14,17-20,24-27,30,40H,6-13,15-16,21-22H2,1-2H3,(H,38,41). The fraction of sp³-hybridized carbons (Fsp3) is 0.528. The molecule has 3 fully saturated rings. The molecule has 0 saturated heterocycles. The van der Waals surface area contributed by atoms with Crippen LogP contribution in [0, 0.1) is 18.8 Å². The van der Waals surface area contributed by atoms with Gasteiger partial charge in [0.1, 0.15) is 12.4 Å². The van der Waals surface area contributed by atoms with E-state index < -0.39 is 6.61 Å². The Bertz CT molecular complexity index is 1450. The number of carbonyl (C=O) groups is 2. The first-order valence-electron chi connectivity index (χ1n) is 16.3. The van der Waals surface area contributed by atoms with Crippen LogP contribution >= 0.6 is 11.3 Å². The minimum absolute atomic E-state index is 0.0272. The first kappa shape index (κ1) is 30.8. The number of ether oxygens (including phenoxy) is 1. The monoisotopic (exact) mass is 615 g/mol. The second-order valence-corrected chi connectivity index (χ2v) is 14.1. The lowest BCUT2D eigenvalue weighted by molar-refractivity contribution is -0.125. The topological polar surface area (TPSA) is 91.8 Å². The Hall–Kier alpha value is -3.23. The molecule has 2 aromatic carbocycles. The molecular weight excluding hydrogens is 570 g/mol. The van der Waals surface area contributed by atoms with Crippen molar-refractivity contribution >= 4 is 28.8 Å². The number of benzene rings is 2. The van der Waals surface area contributed by atoms with Crippen molar-refractivity contribution in [1.82, 2.24) is 10.3 Å². The van der Waals surface area contributed by atoms with Gasteiger partial charge in [0.2, 0.25) is 11.8 Å². The number of nitrogens with one attached hydrogen (secondary N) is 1. The second kappa shape index (κ2) is 13.8. The van der Waals surface area contributed by atoms with E-state index in [-0.39, 0.29) is 23.8 Å². The van der Waals surface area contributed by atoms with E-state index in [2.05, 4.69) is 59.6 Å². The molecule has 6 rings (SSSR count). The summed E-state index contributed by atoms with van der Waals surface area (Å²) >= 11 is 1.78. The van der Waals surface area contributed by atoms with E-state index in [1.54, 1.807) is 18.4 Å². The number of hydrogen-bond acceptors (Lipinski definition) is 6. The fourth-order valence-electron chi connectivity index (χ4n) is 7.16.